The molecule has 0 aliphatic carbocycles. The average Bonchev–Trinajstić information content (AvgIpc) is 2.80. The van der Waals surface area contributed by atoms with Crippen LogP contribution in [0.4, 0.5) is 8.78 Å². The Bertz CT molecular complexity index is 918. The summed E-state index contributed by atoms with van der Waals surface area (Å²) >= 11 is 0. The van der Waals surface area contributed by atoms with Crippen molar-refractivity contribution >= 4 is 12.1 Å². The van der Waals surface area contributed by atoms with E-state index in [0.29, 0.717) is 44.6 Å². The van der Waals surface area contributed by atoms with Gasteiger partial charge in [-0.15, -0.1) is 0 Å². The fourth-order valence-corrected chi connectivity index (χ4v) is 5.53. The number of halogens is 2. The molecular formula is C26H38F2N4O3. The summed E-state index contributed by atoms with van der Waals surface area (Å²) in [5.74, 6) is 0.768. The van der Waals surface area contributed by atoms with Crippen LogP contribution in [0.5, 0.6) is 5.75 Å². The Kier molecular flexibility index (Phi) is 7.96. The molecule has 3 aliphatic heterocycles. The molecule has 2 unspecified atom stereocenters. The smallest absolute Gasteiger partial charge is 0.253 e. The van der Waals surface area contributed by atoms with Gasteiger partial charge in [-0.3, -0.25) is 14.7 Å². The number of aryl methyl sites for hydroxylation is 1. The number of benzene rings is 1. The van der Waals surface area contributed by atoms with Crippen molar-refractivity contribution in [2.24, 2.45) is 5.10 Å². The Morgan fingerprint density at radius 1 is 1.29 bits per heavy atom. The molecule has 194 valence electrons. The molecule has 1 aromatic carbocycles. The van der Waals surface area contributed by atoms with Gasteiger partial charge in [-0.05, 0) is 70.2 Å². The lowest BCUT2D eigenvalue weighted by atomic mass is 9.87. The number of alkyl halides is 2. The number of hydrazone groups is 1. The van der Waals surface area contributed by atoms with Crippen LogP contribution in [-0.4, -0.2) is 97.0 Å². The molecule has 35 heavy (non-hydrogen) atoms. The molecule has 2 fully saturated rings. The van der Waals surface area contributed by atoms with Crippen LogP contribution in [0, 0.1) is 6.92 Å². The van der Waals surface area contributed by atoms with Crippen LogP contribution >= 0.6 is 0 Å². The summed E-state index contributed by atoms with van der Waals surface area (Å²) in [6.07, 6.45) is 2.38. The highest BCUT2D eigenvalue weighted by Gasteiger charge is 2.46. The molecule has 2 atom stereocenters. The second-order valence-electron chi connectivity index (χ2n) is 10.4. The molecule has 9 heteroatoms. The van der Waals surface area contributed by atoms with Crippen molar-refractivity contribution in [3.05, 3.63) is 29.3 Å². The van der Waals surface area contributed by atoms with Crippen LogP contribution in [0.2, 0.25) is 0 Å². The minimum absolute atomic E-state index is 0.0165. The Morgan fingerprint density at radius 2 is 2.03 bits per heavy atom. The van der Waals surface area contributed by atoms with Gasteiger partial charge in [-0.1, -0.05) is 0 Å². The van der Waals surface area contributed by atoms with Crippen molar-refractivity contribution in [1.29, 1.82) is 0 Å². The third-order valence-electron chi connectivity index (χ3n) is 7.26. The molecule has 0 saturated carbocycles. The molecule has 4 rings (SSSR count). The standard InChI is InChI=1S/C26H38F2N4O3/c1-18(2)34-22-8-7-20(14-19(22)3)25(33)32-12-9-26(10-13-32)17-31(16-24(27)28)15-23(35-26)21-6-5-11-29-30(21)4/h7-8,11,14,18,21,23-24H,5-6,9-10,12-13,15-17H2,1-4H3. The van der Waals surface area contributed by atoms with E-state index in [-0.39, 0.29) is 30.7 Å². The van der Waals surface area contributed by atoms with Crippen LogP contribution in [0.15, 0.2) is 23.3 Å². The Balaban J connectivity index is 1.44. The van der Waals surface area contributed by atoms with Crippen molar-refractivity contribution in [1.82, 2.24) is 14.8 Å². The molecule has 1 amide bonds. The van der Waals surface area contributed by atoms with Crippen LogP contribution in [0.3, 0.4) is 0 Å². The van der Waals surface area contributed by atoms with E-state index in [1.807, 2.05) is 67.0 Å². The molecule has 3 aliphatic rings. The average molecular weight is 493 g/mol. The third kappa shape index (κ3) is 6.12. The van der Waals surface area contributed by atoms with Gasteiger partial charge in [0.15, 0.2) is 0 Å². The number of carbonyl (C=O) groups excluding carboxylic acids is 1. The van der Waals surface area contributed by atoms with E-state index in [2.05, 4.69) is 5.10 Å². The summed E-state index contributed by atoms with van der Waals surface area (Å²) in [6.45, 7) is 7.66. The number of amides is 1. The van der Waals surface area contributed by atoms with E-state index in [4.69, 9.17) is 9.47 Å². The zero-order valence-corrected chi connectivity index (χ0v) is 21.3. The highest BCUT2D eigenvalue weighted by Crippen LogP contribution is 2.36. The van der Waals surface area contributed by atoms with E-state index in [0.717, 1.165) is 24.2 Å². The van der Waals surface area contributed by atoms with E-state index in [9.17, 15) is 13.6 Å². The van der Waals surface area contributed by atoms with Gasteiger partial charge >= 0.3 is 0 Å². The molecule has 2 saturated heterocycles. The lowest BCUT2D eigenvalue weighted by molar-refractivity contribution is -0.195. The number of hydrogen-bond acceptors (Lipinski definition) is 6. The molecule has 7 nitrogen and oxygen atoms in total. The number of likely N-dealkylation sites (N-methyl/N-ethyl adjacent to an activating group) is 1. The molecule has 1 spiro atoms. The van der Waals surface area contributed by atoms with Gasteiger partial charge in [-0.2, -0.15) is 5.10 Å². The predicted molar refractivity (Wildman–Crippen MR) is 131 cm³/mol. The monoisotopic (exact) mass is 492 g/mol. The maximum Gasteiger partial charge on any atom is 0.253 e. The highest BCUT2D eigenvalue weighted by molar-refractivity contribution is 5.94. The number of morpholine rings is 1. The van der Waals surface area contributed by atoms with Crippen molar-refractivity contribution in [2.45, 2.75) is 76.7 Å². The zero-order valence-electron chi connectivity index (χ0n) is 21.3. The maximum absolute atomic E-state index is 13.3. The van der Waals surface area contributed by atoms with Gasteiger partial charge in [-0.25, -0.2) is 8.78 Å². The fraction of sp³-hybridized carbons (Fsp3) is 0.692. The third-order valence-corrected chi connectivity index (χ3v) is 7.26. The zero-order chi connectivity index (χ0) is 25.2. The topological polar surface area (TPSA) is 57.6 Å². The second kappa shape index (κ2) is 10.8. The summed E-state index contributed by atoms with van der Waals surface area (Å²) in [5, 5.41) is 6.31. The number of likely N-dealkylation sites (tertiary alicyclic amines) is 1. The first-order chi connectivity index (χ1) is 16.7. The van der Waals surface area contributed by atoms with E-state index in [1.54, 1.807) is 0 Å². The second-order valence-corrected chi connectivity index (χ2v) is 10.4. The number of ether oxygens (including phenoxy) is 2. The first kappa shape index (κ1) is 25.8. The first-order valence-electron chi connectivity index (χ1n) is 12.7. The number of nitrogens with zero attached hydrogens (tertiary/aromatic N) is 4. The number of piperidine rings is 1. The maximum atomic E-state index is 13.3. The fourth-order valence-electron chi connectivity index (χ4n) is 5.53. The Hall–Kier alpha value is -2.26. The quantitative estimate of drug-likeness (QED) is 0.605. The van der Waals surface area contributed by atoms with E-state index < -0.39 is 12.0 Å². The molecule has 0 N–H and O–H groups in total. The predicted octanol–water partition coefficient (Wildman–Crippen LogP) is 3.80. The van der Waals surface area contributed by atoms with Crippen molar-refractivity contribution < 1.29 is 23.0 Å². The van der Waals surface area contributed by atoms with Gasteiger partial charge in [0.2, 0.25) is 0 Å². The Morgan fingerprint density at radius 3 is 2.66 bits per heavy atom. The lowest BCUT2D eigenvalue weighted by Gasteiger charge is -2.52. The largest absolute Gasteiger partial charge is 0.491 e. The van der Waals surface area contributed by atoms with Gasteiger partial charge in [0.25, 0.3) is 12.3 Å². The van der Waals surface area contributed by atoms with Crippen LogP contribution in [0.1, 0.15) is 55.5 Å². The molecule has 1 aromatic rings. The number of rotatable bonds is 6. The van der Waals surface area contributed by atoms with Gasteiger partial charge in [0, 0.05) is 45.0 Å². The minimum atomic E-state index is -2.39. The van der Waals surface area contributed by atoms with Crippen molar-refractivity contribution in [2.75, 3.05) is 39.8 Å². The van der Waals surface area contributed by atoms with Gasteiger partial charge in [0.05, 0.1) is 30.4 Å². The van der Waals surface area contributed by atoms with E-state index in [1.165, 1.54) is 0 Å². The molecule has 3 heterocycles. The summed E-state index contributed by atoms with van der Waals surface area (Å²) in [6, 6.07) is 5.61. The molecular weight excluding hydrogens is 454 g/mol. The summed E-state index contributed by atoms with van der Waals surface area (Å²) in [4.78, 5) is 16.9. The van der Waals surface area contributed by atoms with Crippen molar-refractivity contribution in [3.8, 4) is 5.75 Å². The summed E-state index contributed by atoms with van der Waals surface area (Å²) in [7, 11) is 1.92. The van der Waals surface area contributed by atoms with E-state index >= 15 is 0 Å². The van der Waals surface area contributed by atoms with Gasteiger partial charge < -0.3 is 14.4 Å². The molecule has 0 radical (unpaired) electrons. The normalized spacial score (nSPS) is 25.0. The highest BCUT2D eigenvalue weighted by atomic mass is 19.3. The summed E-state index contributed by atoms with van der Waals surface area (Å²) in [5.41, 5.74) is 1.04. The number of hydrogen-bond donors (Lipinski definition) is 0. The van der Waals surface area contributed by atoms with Crippen molar-refractivity contribution in [3.63, 3.8) is 0 Å². The van der Waals surface area contributed by atoms with Crippen LogP contribution in [-0.2, 0) is 4.74 Å². The van der Waals surface area contributed by atoms with Gasteiger partial charge in [0.1, 0.15) is 5.75 Å². The lowest BCUT2D eigenvalue weighted by Crippen LogP contribution is -2.64. The first-order valence-corrected chi connectivity index (χ1v) is 12.7. The molecule has 0 aromatic heterocycles. The minimum Gasteiger partial charge on any atom is -0.491 e. The summed E-state index contributed by atoms with van der Waals surface area (Å²) < 4.78 is 39.1. The Labute approximate surface area is 207 Å². The molecule has 0 bridgehead atoms. The van der Waals surface area contributed by atoms with Crippen LogP contribution < -0.4 is 4.74 Å². The SMILES string of the molecule is Cc1cc(C(=O)N2CCC3(CC2)CN(CC(F)F)CC(C2CCC=NN2C)O3)ccc1OC(C)C. The number of carbonyl (C=O) groups is 1. The van der Waals surface area contributed by atoms with Crippen LogP contribution in [0.25, 0.3) is 0 Å².